The molecule has 0 aliphatic rings. The fourth-order valence-corrected chi connectivity index (χ4v) is 7.63. The van der Waals surface area contributed by atoms with E-state index in [-0.39, 0.29) is 38.6 Å². The molecule has 9 nitrogen and oxygen atoms in total. The van der Waals surface area contributed by atoms with Crippen LogP contribution in [0.25, 0.3) is 0 Å². The van der Waals surface area contributed by atoms with Gasteiger partial charge in [-0.3, -0.25) is 18.6 Å². The Kier molecular flexibility index (Phi) is 42.4. The zero-order valence-corrected chi connectivity index (χ0v) is 37.5. The second kappa shape index (κ2) is 43.3. The van der Waals surface area contributed by atoms with Gasteiger partial charge in [-0.25, -0.2) is 4.57 Å². The second-order valence-corrected chi connectivity index (χ2v) is 17.4. The molecule has 0 bridgehead atoms. The number of hydrogen-bond donors (Lipinski definition) is 2. The van der Waals surface area contributed by atoms with Gasteiger partial charge < -0.3 is 20.1 Å². The van der Waals surface area contributed by atoms with Crippen molar-refractivity contribution in [2.24, 2.45) is 5.73 Å². The van der Waals surface area contributed by atoms with Crippen molar-refractivity contribution < 1.29 is 37.6 Å². The minimum Gasteiger partial charge on any atom is -0.462 e. The highest BCUT2D eigenvalue weighted by Crippen LogP contribution is 2.43. The van der Waals surface area contributed by atoms with Crippen LogP contribution in [0.4, 0.5) is 0 Å². The van der Waals surface area contributed by atoms with Crippen LogP contribution in [0.15, 0.2) is 12.2 Å². The third kappa shape index (κ3) is 42.4. The lowest BCUT2D eigenvalue weighted by molar-refractivity contribution is -0.161. The lowest BCUT2D eigenvalue weighted by Gasteiger charge is -2.19. The van der Waals surface area contributed by atoms with E-state index in [0.717, 1.165) is 57.8 Å². The molecule has 0 saturated carbocycles. The first kappa shape index (κ1) is 54.8. The summed E-state index contributed by atoms with van der Waals surface area (Å²) in [6, 6.07) is 0. The van der Waals surface area contributed by atoms with Gasteiger partial charge in [0.15, 0.2) is 6.10 Å². The van der Waals surface area contributed by atoms with Crippen LogP contribution in [0, 0.1) is 0 Å². The Morgan fingerprint density at radius 1 is 0.518 bits per heavy atom. The minimum atomic E-state index is -4.37. The van der Waals surface area contributed by atoms with Gasteiger partial charge >= 0.3 is 19.8 Å². The number of phosphoric ester groups is 1. The van der Waals surface area contributed by atoms with Gasteiger partial charge in [0.05, 0.1) is 13.2 Å². The topological polar surface area (TPSA) is 134 Å². The monoisotopic (exact) mass is 816 g/mol. The molecule has 0 saturated heterocycles. The number of carbonyl (C=O) groups is 2. The highest BCUT2D eigenvalue weighted by Gasteiger charge is 2.26. The molecule has 10 heteroatoms. The van der Waals surface area contributed by atoms with E-state index in [9.17, 15) is 19.0 Å². The van der Waals surface area contributed by atoms with E-state index in [0.29, 0.717) is 6.42 Å². The highest BCUT2D eigenvalue weighted by atomic mass is 31.2. The Labute approximate surface area is 345 Å². The number of phosphoric acid groups is 1. The number of rotatable bonds is 45. The average molecular weight is 816 g/mol. The van der Waals surface area contributed by atoms with Crippen molar-refractivity contribution in [1.29, 1.82) is 0 Å². The van der Waals surface area contributed by atoms with Gasteiger partial charge in [-0.05, 0) is 38.5 Å². The number of nitrogens with two attached hydrogens (primary N) is 1. The summed E-state index contributed by atoms with van der Waals surface area (Å²) in [6.07, 6.45) is 45.4. The molecule has 0 spiro atoms. The molecular formula is C46H90NO8P. The van der Waals surface area contributed by atoms with Gasteiger partial charge in [0.1, 0.15) is 6.61 Å². The molecule has 56 heavy (non-hydrogen) atoms. The number of allylic oxidation sites excluding steroid dienone is 2. The van der Waals surface area contributed by atoms with Gasteiger partial charge in [0.2, 0.25) is 0 Å². The van der Waals surface area contributed by atoms with Crippen molar-refractivity contribution in [2.75, 3.05) is 26.4 Å². The molecule has 3 N–H and O–H groups in total. The van der Waals surface area contributed by atoms with Gasteiger partial charge in [0.25, 0.3) is 0 Å². The number of carbonyl (C=O) groups excluding carboxylic acids is 2. The Bertz CT molecular complexity index is 933. The number of esters is 2. The van der Waals surface area contributed by atoms with E-state index in [2.05, 4.69) is 26.0 Å². The van der Waals surface area contributed by atoms with Gasteiger partial charge in [-0.15, -0.1) is 0 Å². The molecule has 332 valence electrons. The molecule has 2 atom stereocenters. The van der Waals surface area contributed by atoms with Crippen LogP contribution in [0.3, 0.4) is 0 Å². The lowest BCUT2D eigenvalue weighted by Crippen LogP contribution is -2.29. The fourth-order valence-electron chi connectivity index (χ4n) is 6.87. The maximum atomic E-state index is 12.6. The molecule has 0 amide bonds. The maximum absolute atomic E-state index is 12.6. The van der Waals surface area contributed by atoms with Crippen LogP contribution in [0.2, 0.25) is 0 Å². The van der Waals surface area contributed by atoms with Crippen molar-refractivity contribution in [3.05, 3.63) is 12.2 Å². The summed E-state index contributed by atoms with van der Waals surface area (Å²) in [6.45, 7) is 3.73. The number of hydrogen-bond acceptors (Lipinski definition) is 8. The number of unbranched alkanes of at least 4 members (excludes halogenated alkanes) is 30. The van der Waals surface area contributed by atoms with E-state index in [4.69, 9.17) is 24.3 Å². The smallest absolute Gasteiger partial charge is 0.462 e. The Morgan fingerprint density at radius 2 is 0.875 bits per heavy atom. The molecule has 0 aromatic heterocycles. The van der Waals surface area contributed by atoms with Crippen molar-refractivity contribution in [1.82, 2.24) is 0 Å². The van der Waals surface area contributed by atoms with E-state index in [1.807, 2.05) is 0 Å². The van der Waals surface area contributed by atoms with Crippen LogP contribution in [0.5, 0.6) is 0 Å². The first-order valence-electron chi connectivity index (χ1n) is 23.7. The normalized spacial score (nSPS) is 13.3. The third-order valence-corrected chi connectivity index (χ3v) is 11.4. The van der Waals surface area contributed by atoms with E-state index >= 15 is 0 Å². The van der Waals surface area contributed by atoms with Crippen LogP contribution in [-0.4, -0.2) is 49.3 Å². The fraction of sp³-hybridized carbons (Fsp3) is 0.913. The largest absolute Gasteiger partial charge is 0.472 e. The summed E-state index contributed by atoms with van der Waals surface area (Å²) >= 11 is 0. The molecule has 0 radical (unpaired) electrons. The molecule has 0 fully saturated rings. The van der Waals surface area contributed by atoms with E-state index < -0.39 is 26.5 Å². The van der Waals surface area contributed by atoms with Crippen LogP contribution in [-0.2, 0) is 32.7 Å². The Morgan fingerprint density at radius 3 is 1.30 bits per heavy atom. The Balaban J connectivity index is 3.97. The molecule has 0 aromatic carbocycles. The molecule has 0 aromatic rings. The molecule has 0 aliphatic carbocycles. The zero-order chi connectivity index (χ0) is 41.1. The average Bonchev–Trinajstić information content (AvgIpc) is 3.18. The van der Waals surface area contributed by atoms with Crippen molar-refractivity contribution in [3.8, 4) is 0 Å². The van der Waals surface area contributed by atoms with Crippen molar-refractivity contribution >= 4 is 19.8 Å². The summed E-state index contributed by atoms with van der Waals surface area (Å²) in [4.78, 5) is 34.9. The first-order chi connectivity index (χ1) is 27.3. The van der Waals surface area contributed by atoms with Crippen LogP contribution in [0.1, 0.15) is 239 Å². The summed E-state index contributed by atoms with van der Waals surface area (Å²) in [5, 5.41) is 0. The van der Waals surface area contributed by atoms with Crippen LogP contribution >= 0.6 is 7.82 Å². The van der Waals surface area contributed by atoms with Crippen molar-refractivity contribution in [2.45, 2.75) is 245 Å². The highest BCUT2D eigenvalue weighted by molar-refractivity contribution is 7.47. The molecule has 0 rings (SSSR count). The van der Waals surface area contributed by atoms with Gasteiger partial charge in [-0.2, -0.15) is 0 Å². The summed E-state index contributed by atoms with van der Waals surface area (Å²) in [5.41, 5.74) is 5.35. The Hall–Kier alpha value is -1.25. The maximum Gasteiger partial charge on any atom is 0.472 e. The van der Waals surface area contributed by atoms with Gasteiger partial charge in [0, 0.05) is 19.4 Å². The molecule has 2 unspecified atom stereocenters. The number of ether oxygens (including phenoxy) is 2. The second-order valence-electron chi connectivity index (χ2n) is 16.0. The predicted octanol–water partition coefficient (Wildman–Crippen LogP) is 13.8. The quantitative estimate of drug-likeness (QED) is 0.0266. The first-order valence-corrected chi connectivity index (χ1v) is 25.2. The molecule has 0 heterocycles. The van der Waals surface area contributed by atoms with Crippen LogP contribution < -0.4 is 5.73 Å². The summed E-state index contributed by atoms with van der Waals surface area (Å²) in [5.74, 6) is -0.827. The van der Waals surface area contributed by atoms with Gasteiger partial charge in [-0.1, -0.05) is 199 Å². The zero-order valence-electron chi connectivity index (χ0n) is 36.6. The SMILES string of the molecule is CCCCC/C=C\CCCCCCCC(=O)OC(COC(=O)CCCCCCCCCCCCCCCCCCCCCCCCC)COP(=O)(O)OCCN. The van der Waals surface area contributed by atoms with Crippen molar-refractivity contribution in [3.63, 3.8) is 0 Å². The summed E-state index contributed by atoms with van der Waals surface area (Å²) in [7, 11) is -4.37. The minimum absolute atomic E-state index is 0.0548. The molecular weight excluding hydrogens is 725 g/mol. The van der Waals surface area contributed by atoms with E-state index in [1.165, 1.54) is 148 Å². The lowest BCUT2D eigenvalue weighted by atomic mass is 10.0. The standard InChI is InChI=1S/C46H90NO8P/c1-3-5-7-9-11-13-15-17-18-19-20-21-22-23-24-25-26-27-29-30-32-34-36-38-45(48)52-42-44(43-54-56(50,51)53-41-40-47)55-46(49)39-37-35-33-31-28-16-14-12-10-8-6-4-2/h12,14,44H,3-11,13,15-43,47H2,1-2H3,(H,50,51)/b14-12-. The van der Waals surface area contributed by atoms with E-state index in [1.54, 1.807) is 0 Å². The predicted molar refractivity (Wildman–Crippen MR) is 234 cm³/mol. The summed E-state index contributed by atoms with van der Waals surface area (Å²) < 4.78 is 32.8. The third-order valence-electron chi connectivity index (χ3n) is 10.4. The molecule has 0 aliphatic heterocycles.